The minimum Gasteiger partial charge on any atom is -0.480 e. The number of hydrogen-bond acceptors (Lipinski definition) is 5. The van der Waals surface area contributed by atoms with Crippen molar-refractivity contribution in [3.63, 3.8) is 0 Å². The third-order valence-electron chi connectivity index (χ3n) is 2.33. The highest BCUT2D eigenvalue weighted by atomic mass is 16.5. The lowest BCUT2D eigenvalue weighted by Gasteiger charge is -2.13. The van der Waals surface area contributed by atoms with Gasteiger partial charge in [0.05, 0.1) is 7.11 Å². The predicted octanol–water partition coefficient (Wildman–Crippen LogP) is -0.491. The molecule has 0 radical (unpaired) electrons. The second-order valence-electron chi connectivity index (χ2n) is 3.78. The van der Waals surface area contributed by atoms with Gasteiger partial charge in [0, 0.05) is 12.8 Å². The number of carbonyl (C=O) groups excluding carboxylic acids is 2. The van der Waals surface area contributed by atoms with Crippen LogP contribution < -0.4 is 10.6 Å². The molecule has 0 aromatic heterocycles. The standard InChI is InChI=1S/C11H20N2O5/c1-12-7-3-4-9(14)13-8(11(16)17)5-6-10(15)18-2/h8,12H,3-7H2,1-2H3,(H,13,14)(H,16,17). The first-order valence-corrected chi connectivity index (χ1v) is 5.74. The number of nitrogens with one attached hydrogen (secondary N) is 2. The molecule has 0 fully saturated rings. The van der Waals surface area contributed by atoms with Gasteiger partial charge in [-0.25, -0.2) is 4.79 Å². The number of hydrogen-bond donors (Lipinski definition) is 3. The van der Waals surface area contributed by atoms with Crippen LogP contribution in [0, 0.1) is 0 Å². The van der Waals surface area contributed by atoms with Crippen molar-refractivity contribution in [3.05, 3.63) is 0 Å². The Kier molecular flexibility index (Phi) is 8.55. The summed E-state index contributed by atoms with van der Waals surface area (Å²) in [6, 6.07) is -1.05. The molecule has 0 aliphatic rings. The highest BCUT2D eigenvalue weighted by molar-refractivity contribution is 5.84. The van der Waals surface area contributed by atoms with Crippen molar-refractivity contribution in [2.24, 2.45) is 0 Å². The van der Waals surface area contributed by atoms with Crippen LogP contribution in [0.3, 0.4) is 0 Å². The van der Waals surface area contributed by atoms with E-state index in [2.05, 4.69) is 15.4 Å². The number of carboxylic acids is 1. The molecule has 3 N–H and O–H groups in total. The predicted molar refractivity (Wildman–Crippen MR) is 64.0 cm³/mol. The number of ether oxygens (including phenoxy) is 1. The molecule has 7 nitrogen and oxygen atoms in total. The van der Waals surface area contributed by atoms with Gasteiger partial charge in [-0.2, -0.15) is 0 Å². The van der Waals surface area contributed by atoms with Gasteiger partial charge in [-0.1, -0.05) is 0 Å². The summed E-state index contributed by atoms with van der Waals surface area (Å²) in [5.41, 5.74) is 0. The Morgan fingerprint density at radius 2 is 1.94 bits per heavy atom. The molecule has 1 amide bonds. The van der Waals surface area contributed by atoms with E-state index in [1.807, 2.05) is 0 Å². The quantitative estimate of drug-likeness (QED) is 0.381. The summed E-state index contributed by atoms with van der Waals surface area (Å²) >= 11 is 0. The van der Waals surface area contributed by atoms with E-state index in [1.54, 1.807) is 7.05 Å². The fourth-order valence-electron chi connectivity index (χ4n) is 1.31. The lowest BCUT2D eigenvalue weighted by Crippen LogP contribution is -2.41. The lowest BCUT2D eigenvalue weighted by atomic mass is 10.1. The molecule has 0 aliphatic heterocycles. The monoisotopic (exact) mass is 260 g/mol. The normalized spacial score (nSPS) is 11.7. The lowest BCUT2D eigenvalue weighted by molar-refractivity contribution is -0.144. The van der Waals surface area contributed by atoms with Crippen molar-refractivity contribution in [1.29, 1.82) is 0 Å². The molecule has 7 heteroatoms. The van der Waals surface area contributed by atoms with Gasteiger partial charge < -0.3 is 20.5 Å². The van der Waals surface area contributed by atoms with Crippen molar-refractivity contribution in [2.45, 2.75) is 31.7 Å². The zero-order chi connectivity index (χ0) is 14.0. The first-order valence-electron chi connectivity index (χ1n) is 5.74. The summed E-state index contributed by atoms with van der Waals surface area (Å²) in [5.74, 6) is -1.98. The Hall–Kier alpha value is -1.63. The van der Waals surface area contributed by atoms with Gasteiger partial charge in [0.15, 0.2) is 0 Å². The maximum Gasteiger partial charge on any atom is 0.326 e. The average molecular weight is 260 g/mol. The number of aliphatic carboxylic acids is 1. The molecule has 0 rings (SSSR count). The Labute approximate surface area is 106 Å². The second-order valence-corrected chi connectivity index (χ2v) is 3.78. The molecule has 0 heterocycles. The van der Waals surface area contributed by atoms with E-state index in [9.17, 15) is 14.4 Å². The van der Waals surface area contributed by atoms with Crippen LogP contribution in [0.5, 0.6) is 0 Å². The smallest absolute Gasteiger partial charge is 0.326 e. The van der Waals surface area contributed by atoms with E-state index in [4.69, 9.17) is 5.11 Å². The summed E-state index contributed by atoms with van der Waals surface area (Å²) in [6.07, 6.45) is 0.874. The topological polar surface area (TPSA) is 105 Å². The van der Waals surface area contributed by atoms with Crippen molar-refractivity contribution >= 4 is 17.8 Å². The van der Waals surface area contributed by atoms with Crippen LogP contribution in [0.4, 0.5) is 0 Å². The summed E-state index contributed by atoms with van der Waals surface area (Å²) in [4.78, 5) is 33.2. The van der Waals surface area contributed by atoms with E-state index >= 15 is 0 Å². The number of carbonyl (C=O) groups is 3. The fourth-order valence-corrected chi connectivity index (χ4v) is 1.31. The van der Waals surface area contributed by atoms with E-state index in [0.29, 0.717) is 13.0 Å². The summed E-state index contributed by atoms with van der Waals surface area (Å²) < 4.78 is 4.41. The van der Waals surface area contributed by atoms with Gasteiger partial charge in [-0.15, -0.1) is 0 Å². The highest BCUT2D eigenvalue weighted by Crippen LogP contribution is 2.00. The first kappa shape index (κ1) is 16.4. The van der Waals surface area contributed by atoms with Crippen LogP contribution in [0.15, 0.2) is 0 Å². The SMILES string of the molecule is CNCCCC(=O)NC(CCC(=O)OC)C(=O)O. The zero-order valence-electron chi connectivity index (χ0n) is 10.7. The van der Waals surface area contributed by atoms with Crippen LogP contribution in [-0.4, -0.2) is 49.7 Å². The minimum atomic E-state index is -1.15. The molecular formula is C11H20N2O5. The van der Waals surface area contributed by atoms with Crippen LogP contribution in [0.2, 0.25) is 0 Å². The Bertz CT molecular complexity index is 293. The van der Waals surface area contributed by atoms with Crippen molar-refractivity contribution in [3.8, 4) is 0 Å². The third kappa shape index (κ3) is 7.61. The summed E-state index contributed by atoms with van der Waals surface area (Å²) in [7, 11) is 3.00. The molecule has 0 bridgehead atoms. The minimum absolute atomic E-state index is 0.0276. The third-order valence-corrected chi connectivity index (χ3v) is 2.33. The number of rotatable bonds is 9. The van der Waals surface area contributed by atoms with Gasteiger partial charge in [0.25, 0.3) is 0 Å². The Morgan fingerprint density at radius 1 is 1.28 bits per heavy atom. The van der Waals surface area contributed by atoms with Crippen molar-refractivity contribution < 1.29 is 24.2 Å². The van der Waals surface area contributed by atoms with E-state index in [1.165, 1.54) is 7.11 Å². The molecular weight excluding hydrogens is 240 g/mol. The molecule has 0 spiro atoms. The summed E-state index contributed by atoms with van der Waals surface area (Å²) in [6.45, 7) is 0.688. The zero-order valence-corrected chi connectivity index (χ0v) is 10.7. The van der Waals surface area contributed by atoms with Gasteiger partial charge in [-0.3, -0.25) is 9.59 Å². The fraction of sp³-hybridized carbons (Fsp3) is 0.727. The maximum absolute atomic E-state index is 11.4. The largest absolute Gasteiger partial charge is 0.480 e. The van der Waals surface area contributed by atoms with Crippen molar-refractivity contribution in [1.82, 2.24) is 10.6 Å². The van der Waals surface area contributed by atoms with E-state index in [-0.39, 0.29) is 25.2 Å². The second kappa shape index (κ2) is 9.41. The first-order chi connectivity index (χ1) is 8.51. The number of methoxy groups -OCH3 is 1. The van der Waals surface area contributed by atoms with Crippen LogP contribution in [0.1, 0.15) is 25.7 Å². The van der Waals surface area contributed by atoms with Gasteiger partial charge >= 0.3 is 11.9 Å². The molecule has 1 unspecified atom stereocenters. The Morgan fingerprint density at radius 3 is 2.44 bits per heavy atom. The highest BCUT2D eigenvalue weighted by Gasteiger charge is 2.20. The Balaban J connectivity index is 4.06. The molecule has 0 saturated carbocycles. The number of esters is 1. The van der Waals surface area contributed by atoms with Gasteiger partial charge in [0.2, 0.25) is 5.91 Å². The molecule has 0 aromatic rings. The average Bonchev–Trinajstić information content (AvgIpc) is 2.33. The van der Waals surface area contributed by atoms with E-state index in [0.717, 1.165) is 0 Å². The molecule has 0 saturated heterocycles. The van der Waals surface area contributed by atoms with Gasteiger partial charge in [0.1, 0.15) is 6.04 Å². The van der Waals surface area contributed by atoms with Crippen LogP contribution >= 0.6 is 0 Å². The van der Waals surface area contributed by atoms with Gasteiger partial charge in [-0.05, 0) is 26.4 Å². The summed E-state index contributed by atoms with van der Waals surface area (Å²) in [5, 5.41) is 14.2. The molecule has 104 valence electrons. The van der Waals surface area contributed by atoms with Crippen LogP contribution in [0.25, 0.3) is 0 Å². The maximum atomic E-state index is 11.4. The number of amides is 1. The van der Waals surface area contributed by atoms with E-state index < -0.39 is 18.0 Å². The number of carboxylic acid groups (broad SMARTS) is 1. The molecule has 0 aromatic carbocycles. The van der Waals surface area contributed by atoms with Crippen molar-refractivity contribution in [2.75, 3.05) is 20.7 Å². The molecule has 1 atom stereocenters. The van der Waals surface area contributed by atoms with Crippen LogP contribution in [-0.2, 0) is 19.1 Å². The molecule has 18 heavy (non-hydrogen) atoms. The molecule has 0 aliphatic carbocycles.